The zero-order chi connectivity index (χ0) is 25.4. The molecule has 0 atom stereocenters. The number of ether oxygens (including phenoxy) is 1. The highest BCUT2D eigenvalue weighted by atomic mass is 19.1. The molecule has 0 saturated heterocycles. The highest BCUT2D eigenvalue weighted by Crippen LogP contribution is 2.37. The lowest BCUT2D eigenvalue weighted by Crippen LogP contribution is -1.99. The minimum atomic E-state index is -0.732. The van der Waals surface area contributed by atoms with E-state index >= 15 is 0 Å². The zero-order valence-corrected chi connectivity index (χ0v) is 19.5. The van der Waals surface area contributed by atoms with Crippen LogP contribution in [0.2, 0.25) is 0 Å². The summed E-state index contributed by atoms with van der Waals surface area (Å²) in [4.78, 5) is 20.3. The molecule has 3 N–H and O–H groups in total. The molecule has 0 aliphatic rings. The summed E-state index contributed by atoms with van der Waals surface area (Å²) in [6, 6.07) is 18.8. The van der Waals surface area contributed by atoms with Crippen molar-refractivity contribution in [1.29, 1.82) is 0 Å². The van der Waals surface area contributed by atoms with E-state index in [-0.39, 0.29) is 17.0 Å². The van der Waals surface area contributed by atoms with Crippen molar-refractivity contribution in [2.75, 3.05) is 17.7 Å². The molecule has 3 aromatic carbocycles. The van der Waals surface area contributed by atoms with Crippen LogP contribution in [-0.2, 0) is 0 Å². The molecule has 182 valence electrons. The zero-order valence-electron chi connectivity index (χ0n) is 19.5. The van der Waals surface area contributed by atoms with Crippen molar-refractivity contribution >= 4 is 39.4 Å². The Morgan fingerprint density at radius 2 is 1.73 bits per heavy atom. The Hall–Kier alpha value is -5.12. The number of benzene rings is 3. The second-order valence-corrected chi connectivity index (χ2v) is 8.12. The average Bonchev–Trinajstić information content (AvgIpc) is 3.33. The molecule has 0 amide bonds. The minimum Gasteiger partial charge on any atom is -0.438 e. The summed E-state index contributed by atoms with van der Waals surface area (Å²) in [5, 5.41) is 7.76. The summed E-state index contributed by atoms with van der Waals surface area (Å²) < 4.78 is 34.0. The molecule has 3 aromatic heterocycles. The van der Waals surface area contributed by atoms with Gasteiger partial charge in [0.05, 0.1) is 16.8 Å². The van der Waals surface area contributed by atoms with Crippen LogP contribution in [0.15, 0.2) is 79.1 Å². The van der Waals surface area contributed by atoms with Crippen LogP contribution in [0.5, 0.6) is 11.6 Å². The van der Waals surface area contributed by atoms with Crippen LogP contribution >= 0.6 is 0 Å². The Morgan fingerprint density at radius 3 is 2.59 bits per heavy atom. The van der Waals surface area contributed by atoms with E-state index in [9.17, 15) is 8.78 Å². The summed E-state index contributed by atoms with van der Waals surface area (Å²) >= 11 is 0. The number of H-pyrrole nitrogens is 1. The first kappa shape index (κ1) is 22.4. The van der Waals surface area contributed by atoms with E-state index in [2.05, 4.69) is 35.6 Å². The normalized spacial score (nSPS) is 11.1. The minimum absolute atomic E-state index is 0.0574. The summed E-state index contributed by atoms with van der Waals surface area (Å²) in [6.45, 7) is 0. The smallest absolute Gasteiger partial charge is 0.228 e. The number of nitrogens with zero attached hydrogens (tertiary/aromatic N) is 4. The van der Waals surface area contributed by atoms with Gasteiger partial charge >= 0.3 is 0 Å². The van der Waals surface area contributed by atoms with E-state index in [0.717, 1.165) is 16.8 Å². The van der Waals surface area contributed by atoms with Crippen molar-refractivity contribution in [2.24, 2.45) is 0 Å². The van der Waals surface area contributed by atoms with E-state index in [0.29, 0.717) is 34.5 Å². The number of pyridine rings is 1. The molecule has 0 aliphatic carbocycles. The lowest BCUT2D eigenvalue weighted by Gasteiger charge is -2.14. The second-order valence-electron chi connectivity index (χ2n) is 8.12. The molecular formula is C27H19F2N7O. The molecule has 0 radical (unpaired) electrons. The Bertz CT molecular complexity index is 1770. The first-order chi connectivity index (χ1) is 18.1. The van der Waals surface area contributed by atoms with Crippen LogP contribution < -0.4 is 15.4 Å². The molecule has 6 aromatic rings. The molecule has 0 bridgehead atoms. The predicted octanol–water partition coefficient (Wildman–Crippen LogP) is 6.42. The van der Waals surface area contributed by atoms with Gasteiger partial charge < -0.3 is 20.4 Å². The van der Waals surface area contributed by atoms with Gasteiger partial charge in [-0.05, 0) is 36.4 Å². The van der Waals surface area contributed by atoms with Gasteiger partial charge in [0, 0.05) is 42.0 Å². The predicted molar refractivity (Wildman–Crippen MR) is 138 cm³/mol. The standard InChI is InChI=1S/C27H19F2N7O/c1-30-26-32-12-10-21(33-26)18-7-4-11-31-25(18)37-23-9-8-20(16-5-2-3-6-17(16)23)34-27-35-22-14-15(28)13-19(29)24(22)36-27/h2-14H,1H3,(H,30,32,33)(H2,34,35,36). The van der Waals surface area contributed by atoms with E-state index in [1.165, 1.54) is 6.07 Å². The molecule has 0 aliphatic heterocycles. The number of imidazole rings is 1. The number of hydrogen-bond donors (Lipinski definition) is 3. The maximum absolute atomic E-state index is 14.1. The van der Waals surface area contributed by atoms with E-state index in [4.69, 9.17) is 4.74 Å². The topological polar surface area (TPSA) is 101 Å². The van der Waals surface area contributed by atoms with Crippen molar-refractivity contribution < 1.29 is 13.5 Å². The van der Waals surface area contributed by atoms with Gasteiger partial charge in [0.15, 0.2) is 5.82 Å². The van der Waals surface area contributed by atoms with Crippen molar-refractivity contribution in [3.63, 3.8) is 0 Å². The highest BCUT2D eigenvalue weighted by Gasteiger charge is 2.15. The molecule has 8 nitrogen and oxygen atoms in total. The fourth-order valence-electron chi connectivity index (χ4n) is 4.10. The number of aromatic nitrogens is 5. The third-order valence-electron chi connectivity index (χ3n) is 5.77. The molecule has 3 heterocycles. The summed E-state index contributed by atoms with van der Waals surface area (Å²) in [5.74, 6) is 0.344. The Morgan fingerprint density at radius 1 is 0.865 bits per heavy atom. The number of aromatic amines is 1. The van der Waals surface area contributed by atoms with Crippen LogP contribution in [0.1, 0.15) is 0 Å². The van der Waals surface area contributed by atoms with Crippen LogP contribution in [0, 0.1) is 11.6 Å². The van der Waals surface area contributed by atoms with Gasteiger partial charge in [0.25, 0.3) is 0 Å². The Kier molecular flexibility index (Phi) is 5.53. The van der Waals surface area contributed by atoms with Gasteiger partial charge in [0.1, 0.15) is 17.1 Å². The first-order valence-corrected chi connectivity index (χ1v) is 11.4. The van der Waals surface area contributed by atoms with E-state index in [1.807, 2.05) is 48.5 Å². The SMILES string of the molecule is CNc1nccc(-c2cccnc2Oc2ccc(Nc3nc4c(F)cc(F)cc4[nH]3)c3ccccc23)n1. The molecule has 37 heavy (non-hydrogen) atoms. The maximum Gasteiger partial charge on any atom is 0.228 e. The fraction of sp³-hybridized carbons (Fsp3) is 0.0370. The highest BCUT2D eigenvalue weighted by molar-refractivity contribution is 5.99. The number of hydrogen-bond acceptors (Lipinski definition) is 7. The molecule has 0 spiro atoms. The molecular weight excluding hydrogens is 476 g/mol. The van der Waals surface area contributed by atoms with Gasteiger partial charge in [0.2, 0.25) is 17.8 Å². The monoisotopic (exact) mass is 495 g/mol. The number of nitrogens with one attached hydrogen (secondary N) is 3. The quantitative estimate of drug-likeness (QED) is 0.245. The van der Waals surface area contributed by atoms with E-state index in [1.54, 1.807) is 25.5 Å². The Labute approximate surface area is 209 Å². The number of anilines is 3. The lowest BCUT2D eigenvalue weighted by atomic mass is 10.1. The average molecular weight is 495 g/mol. The van der Waals surface area contributed by atoms with Crippen molar-refractivity contribution in [2.45, 2.75) is 0 Å². The molecule has 0 unspecified atom stereocenters. The molecule has 10 heteroatoms. The first-order valence-electron chi connectivity index (χ1n) is 11.4. The van der Waals surface area contributed by atoms with Crippen LogP contribution in [0.25, 0.3) is 33.1 Å². The van der Waals surface area contributed by atoms with Gasteiger partial charge in [-0.2, -0.15) is 0 Å². The molecule has 0 saturated carbocycles. The van der Waals surface area contributed by atoms with Crippen molar-refractivity contribution in [3.05, 3.63) is 90.8 Å². The molecule has 6 rings (SSSR count). The summed E-state index contributed by atoms with van der Waals surface area (Å²) in [5.41, 5.74) is 2.40. The number of rotatable bonds is 6. The fourth-order valence-corrected chi connectivity index (χ4v) is 4.10. The van der Waals surface area contributed by atoms with Crippen LogP contribution in [0.3, 0.4) is 0 Å². The van der Waals surface area contributed by atoms with Crippen molar-refractivity contribution in [1.82, 2.24) is 24.9 Å². The summed E-state index contributed by atoms with van der Waals surface area (Å²) in [6.07, 6.45) is 3.32. The number of fused-ring (bicyclic) bond motifs is 2. The summed E-state index contributed by atoms with van der Waals surface area (Å²) in [7, 11) is 1.75. The third-order valence-corrected chi connectivity index (χ3v) is 5.77. The van der Waals surface area contributed by atoms with Gasteiger partial charge in [-0.3, -0.25) is 0 Å². The number of halogens is 2. The largest absolute Gasteiger partial charge is 0.438 e. The maximum atomic E-state index is 14.1. The molecule has 0 fully saturated rings. The van der Waals surface area contributed by atoms with Gasteiger partial charge in [-0.1, -0.05) is 24.3 Å². The Balaban J connectivity index is 1.37. The lowest BCUT2D eigenvalue weighted by molar-refractivity contribution is 0.470. The van der Waals surface area contributed by atoms with Crippen LogP contribution in [0.4, 0.5) is 26.4 Å². The second kappa shape index (κ2) is 9.15. The van der Waals surface area contributed by atoms with E-state index < -0.39 is 11.6 Å². The van der Waals surface area contributed by atoms with Crippen molar-refractivity contribution in [3.8, 4) is 22.9 Å². The van der Waals surface area contributed by atoms with Gasteiger partial charge in [-0.15, -0.1) is 0 Å². The third kappa shape index (κ3) is 4.25. The van der Waals surface area contributed by atoms with Gasteiger partial charge in [-0.25, -0.2) is 28.7 Å². The van der Waals surface area contributed by atoms with Crippen LogP contribution in [-0.4, -0.2) is 32.0 Å².